The van der Waals surface area contributed by atoms with Crippen molar-refractivity contribution in [2.75, 3.05) is 0 Å². The van der Waals surface area contributed by atoms with Crippen molar-refractivity contribution in [1.82, 2.24) is 0 Å². The lowest BCUT2D eigenvalue weighted by molar-refractivity contribution is 0.291. The molecular weight excluding hydrogens is 188 g/mol. The van der Waals surface area contributed by atoms with Crippen LogP contribution < -0.4 is 0 Å². The van der Waals surface area contributed by atoms with Crippen molar-refractivity contribution in [2.24, 2.45) is 11.1 Å². The van der Waals surface area contributed by atoms with Crippen molar-refractivity contribution >= 4 is 17.8 Å². The van der Waals surface area contributed by atoms with Crippen LogP contribution in [-0.2, 0) is 0 Å². The highest BCUT2D eigenvalue weighted by Crippen LogP contribution is 2.33. The number of oxime groups is 1. The number of alkyl halides is 2. The van der Waals surface area contributed by atoms with Crippen LogP contribution in [-0.4, -0.2) is 16.5 Å². The van der Waals surface area contributed by atoms with Crippen LogP contribution in [0.1, 0.15) is 0 Å². The van der Waals surface area contributed by atoms with Crippen LogP contribution in [0.15, 0.2) is 29.2 Å². The van der Waals surface area contributed by atoms with Crippen LogP contribution in [0.25, 0.3) is 0 Å². The monoisotopic (exact) mass is 193 g/mol. The van der Waals surface area contributed by atoms with Gasteiger partial charge in [0.2, 0.25) is 5.13 Å². The predicted octanol–water partition coefficient (Wildman–Crippen LogP) is 2.39. The molecule has 0 aliphatic heterocycles. The fraction of sp³-hybridized carbons (Fsp3) is 0.286. The van der Waals surface area contributed by atoms with E-state index in [9.17, 15) is 8.78 Å². The van der Waals surface area contributed by atoms with E-state index in [-0.39, 0.29) is 0 Å². The van der Waals surface area contributed by atoms with Crippen molar-refractivity contribution in [3.63, 3.8) is 0 Å². The van der Waals surface area contributed by atoms with Crippen LogP contribution in [0, 0.1) is 5.92 Å². The Morgan fingerprint density at radius 1 is 1.75 bits per heavy atom. The van der Waals surface area contributed by atoms with Crippen molar-refractivity contribution in [1.29, 1.82) is 0 Å². The second-order valence-corrected chi connectivity index (χ2v) is 2.93. The van der Waals surface area contributed by atoms with Gasteiger partial charge < -0.3 is 5.21 Å². The normalized spacial score (nSPS) is 35.6. The van der Waals surface area contributed by atoms with E-state index < -0.39 is 16.9 Å². The third-order valence-corrected chi connectivity index (χ3v) is 1.85. The van der Waals surface area contributed by atoms with E-state index in [0.717, 1.165) is 24.4 Å². The fourth-order valence-corrected chi connectivity index (χ4v) is 1.04. The quantitative estimate of drug-likeness (QED) is 0.295. The number of nitrogens with zero attached hydrogens (tertiary/aromatic N) is 1. The average molecular weight is 194 g/mol. The smallest absolute Gasteiger partial charge is 0.213 e. The third kappa shape index (κ3) is 1.82. The predicted molar refractivity (Wildman–Crippen MR) is 41.8 cm³/mol. The minimum atomic E-state index is -2.21. The zero-order valence-corrected chi connectivity index (χ0v) is 6.67. The summed E-state index contributed by atoms with van der Waals surface area (Å²) >= 11 is 5.32. The standard InChI is InChI=1S/C7H6ClF2NO/c8-7(10)2-1-6(9)3-5(7)4-11-12/h1-5,12H/b11-4+/t5-,7-/m0/s1. The molecule has 0 heterocycles. The molecule has 0 fully saturated rings. The Bertz CT molecular complexity index is 260. The highest BCUT2D eigenvalue weighted by molar-refractivity contribution is 6.25. The number of rotatable bonds is 1. The summed E-state index contributed by atoms with van der Waals surface area (Å²) in [6.45, 7) is 0. The topological polar surface area (TPSA) is 32.6 Å². The van der Waals surface area contributed by atoms with Crippen LogP contribution in [0.4, 0.5) is 8.78 Å². The van der Waals surface area contributed by atoms with E-state index in [0.29, 0.717) is 0 Å². The maximum absolute atomic E-state index is 13.2. The zero-order valence-electron chi connectivity index (χ0n) is 5.92. The maximum atomic E-state index is 13.2. The van der Waals surface area contributed by atoms with Gasteiger partial charge in [-0.25, -0.2) is 8.78 Å². The van der Waals surface area contributed by atoms with E-state index >= 15 is 0 Å². The Balaban J connectivity index is 2.90. The number of hydrogen-bond acceptors (Lipinski definition) is 2. The lowest BCUT2D eigenvalue weighted by Crippen LogP contribution is -2.26. The second-order valence-electron chi connectivity index (χ2n) is 2.35. The Kier molecular flexibility index (Phi) is 2.47. The highest BCUT2D eigenvalue weighted by atomic mass is 35.5. The molecule has 0 unspecified atom stereocenters. The van der Waals surface area contributed by atoms with Crippen LogP contribution in [0.3, 0.4) is 0 Å². The van der Waals surface area contributed by atoms with Gasteiger partial charge in [0.15, 0.2) is 0 Å². The summed E-state index contributed by atoms with van der Waals surface area (Å²) in [6, 6.07) is 0. The van der Waals surface area contributed by atoms with Gasteiger partial charge in [-0.3, -0.25) is 0 Å². The molecule has 0 saturated heterocycles. The SMILES string of the molecule is O/N=C/[C@@H]1C=C(F)C=C[C@@]1(F)Cl. The lowest BCUT2D eigenvalue weighted by Gasteiger charge is -2.21. The zero-order chi connectivity index (χ0) is 9.19. The van der Waals surface area contributed by atoms with E-state index in [1.54, 1.807) is 0 Å². The van der Waals surface area contributed by atoms with E-state index in [4.69, 9.17) is 16.8 Å². The molecule has 12 heavy (non-hydrogen) atoms. The van der Waals surface area contributed by atoms with Crippen LogP contribution in [0.2, 0.25) is 0 Å². The molecule has 1 rings (SSSR count). The van der Waals surface area contributed by atoms with Crippen molar-refractivity contribution in [3.8, 4) is 0 Å². The van der Waals surface area contributed by atoms with Gasteiger partial charge in [0, 0.05) is 0 Å². The van der Waals surface area contributed by atoms with Gasteiger partial charge in [0.1, 0.15) is 5.83 Å². The summed E-state index contributed by atoms with van der Waals surface area (Å²) < 4.78 is 25.7. The molecule has 0 aromatic heterocycles. The second kappa shape index (κ2) is 3.23. The Morgan fingerprint density at radius 2 is 2.42 bits per heavy atom. The minimum Gasteiger partial charge on any atom is -0.411 e. The average Bonchev–Trinajstić information content (AvgIpc) is 1.98. The summed E-state index contributed by atoms with van der Waals surface area (Å²) in [5.41, 5.74) is 0. The Morgan fingerprint density at radius 3 is 3.00 bits per heavy atom. The van der Waals surface area contributed by atoms with Gasteiger partial charge >= 0.3 is 0 Å². The molecule has 0 saturated carbocycles. The molecule has 0 radical (unpaired) electrons. The largest absolute Gasteiger partial charge is 0.411 e. The maximum Gasteiger partial charge on any atom is 0.213 e. The van der Waals surface area contributed by atoms with E-state index in [2.05, 4.69) is 5.16 Å². The first-order valence-electron chi connectivity index (χ1n) is 3.18. The molecule has 1 aliphatic rings. The minimum absolute atomic E-state index is 0.603. The van der Waals surface area contributed by atoms with Gasteiger partial charge in [-0.05, 0) is 18.2 Å². The first-order chi connectivity index (χ1) is 5.56. The molecule has 0 aromatic carbocycles. The molecule has 0 spiro atoms. The lowest BCUT2D eigenvalue weighted by atomic mass is 9.99. The molecule has 66 valence electrons. The summed E-state index contributed by atoms with van der Waals surface area (Å²) in [6.07, 6.45) is 3.56. The van der Waals surface area contributed by atoms with Gasteiger partial charge in [-0.1, -0.05) is 11.6 Å². The van der Waals surface area contributed by atoms with Crippen molar-refractivity contribution in [2.45, 2.75) is 5.13 Å². The van der Waals surface area contributed by atoms with Gasteiger partial charge in [-0.2, -0.15) is 0 Å². The molecule has 0 bridgehead atoms. The summed E-state index contributed by atoms with van der Waals surface area (Å²) in [5.74, 6) is -1.68. The van der Waals surface area contributed by atoms with Crippen molar-refractivity contribution < 1.29 is 14.0 Å². The summed E-state index contributed by atoms with van der Waals surface area (Å²) in [7, 11) is 0. The van der Waals surface area contributed by atoms with Gasteiger partial charge in [-0.15, -0.1) is 5.16 Å². The van der Waals surface area contributed by atoms with Crippen LogP contribution in [0.5, 0.6) is 0 Å². The van der Waals surface area contributed by atoms with Gasteiger partial charge in [0.05, 0.1) is 12.1 Å². The van der Waals surface area contributed by atoms with Gasteiger partial charge in [0.25, 0.3) is 0 Å². The molecule has 1 aliphatic carbocycles. The number of hydrogen-bond donors (Lipinski definition) is 1. The van der Waals surface area contributed by atoms with E-state index in [1.807, 2.05) is 0 Å². The number of halogens is 3. The fourth-order valence-electron chi connectivity index (χ4n) is 0.854. The molecule has 0 aromatic rings. The molecule has 0 amide bonds. The van der Waals surface area contributed by atoms with Crippen LogP contribution >= 0.6 is 11.6 Å². The molecule has 2 atom stereocenters. The first-order valence-corrected chi connectivity index (χ1v) is 3.56. The first kappa shape index (κ1) is 9.19. The summed E-state index contributed by atoms with van der Waals surface area (Å²) in [5, 5.41) is 8.49. The molecule has 5 heteroatoms. The summed E-state index contributed by atoms with van der Waals surface area (Å²) in [4.78, 5) is 0. The highest BCUT2D eigenvalue weighted by Gasteiger charge is 2.34. The Labute approximate surface area is 72.8 Å². The molecule has 2 nitrogen and oxygen atoms in total. The Hall–Kier alpha value is -0.900. The number of allylic oxidation sites excluding steroid dienone is 4. The third-order valence-electron chi connectivity index (χ3n) is 1.48. The van der Waals surface area contributed by atoms with Crippen molar-refractivity contribution in [3.05, 3.63) is 24.1 Å². The molecule has 1 N–H and O–H groups in total. The molecular formula is C7H6ClF2NO. The van der Waals surface area contributed by atoms with E-state index in [1.165, 1.54) is 0 Å².